The van der Waals surface area contributed by atoms with E-state index in [1.54, 1.807) is 6.20 Å². The van der Waals surface area contributed by atoms with Crippen LogP contribution in [0.1, 0.15) is 44.9 Å². The smallest absolute Gasteiger partial charge is 0.128 e. The third kappa shape index (κ3) is 5.40. The van der Waals surface area contributed by atoms with E-state index < -0.39 is 0 Å². The fraction of sp³-hybridized carbons (Fsp3) is 0.565. The largest absolute Gasteiger partial charge is 0.381 e. The summed E-state index contributed by atoms with van der Waals surface area (Å²) in [4.78, 5) is 11.7. The fourth-order valence-electron chi connectivity index (χ4n) is 4.37. The van der Waals surface area contributed by atoms with Crippen LogP contribution in [0.5, 0.6) is 0 Å². The van der Waals surface area contributed by atoms with Gasteiger partial charge in [-0.1, -0.05) is 36.9 Å². The van der Waals surface area contributed by atoms with Crippen LogP contribution < -0.4 is 10.2 Å². The second-order valence-electron chi connectivity index (χ2n) is 8.35. The number of ether oxygens (including phenoxy) is 1. The van der Waals surface area contributed by atoms with E-state index in [4.69, 9.17) is 21.3 Å². The van der Waals surface area contributed by atoms with Crippen molar-refractivity contribution in [2.45, 2.75) is 51.0 Å². The molecule has 0 radical (unpaired) electrons. The molecule has 2 fully saturated rings. The van der Waals surface area contributed by atoms with Crippen molar-refractivity contribution in [3.63, 3.8) is 0 Å². The van der Waals surface area contributed by atoms with Gasteiger partial charge in [0.1, 0.15) is 11.6 Å². The highest BCUT2D eigenvalue weighted by Crippen LogP contribution is 2.30. The number of hydrogen-bond acceptors (Lipinski definition) is 5. The van der Waals surface area contributed by atoms with Crippen LogP contribution in [0, 0.1) is 5.92 Å². The van der Waals surface area contributed by atoms with Crippen LogP contribution in [-0.4, -0.2) is 42.8 Å². The normalized spacial score (nSPS) is 18.6. The Morgan fingerprint density at radius 2 is 1.93 bits per heavy atom. The number of halogens is 1. The van der Waals surface area contributed by atoms with Gasteiger partial charge in [0.2, 0.25) is 0 Å². The van der Waals surface area contributed by atoms with Gasteiger partial charge in [0.25, 0.3) is 0 Å². The highest BCUT2D eigenvalue weighted by molar-refractivity contribution is 6.33. The Balaban J connectivity index is 1.50. The Morgan fingerprint density at radius 3 is 2.72 bits per heavy atom. The van der Waals surface area contributed by atoms with E-state index >= 15 is 0 Å². The van der Waals surface area contributed by atoms with Crippen molar-refractivity contribution >= 4 is 23.2 Å². The average Bonchev–Trinajstić information content (AvgIpc) is 2.76. The van der Waals surface area contributed by atoms with E-state index in [0.29, 0.717) is 17.0 Å². The van der Waals surface area contributed by atoms with Crippen LogP contribution in [0.15, 0.2) is 30.5 Å². The van der Waals surface area contributed by atoms with Gasteiger partial charge in [0, 0.05) is 44.6 Å². The highest BCUT2D eigenvalue weighted by Gasteiger charge is 2.18. The molecule has 2 aromatic rings. The number of aromatic nitrogens is 2. The minimum Gasteiger partial charge on any atom is -0.381 e. The van der Waals surface area contributed by atoms with Crippen LogP contribution in [0.2, 0.25) is 5.02 Å². The van der Waals surface area contributed by atoms with Gasteiger partial charge in [0.15, 0.2) is 0 Å². The Kier molecular flexibility index (Phi) is 6.88. The van der Waals surface area contributed by atoms with Crippen molar-refractivity contribution < 1.29 is 4.74 Å². The van der Waals surface area contributed by atoms with Crippen LogP contribution in [0.4, 0.5) is 11.6 Å². The molecule has 6 heteroatoms. The molecule has 1 aliphatic heterocycles. The van der Waals surface area contributed by atoms with E-state index in [1.807, 2.05) is 12.1 Å². The fourth-order valence-corrected chi connectivity index (χ4v) is 4.57. The lowest BCUT2D eigenvalue weighted by molar-refractivity contribution is 0.0685. The molecule has 0 atom stereocenters. The Labute approximate surface area is 178 Å². The maximum absolute atomic E-state index is 6.50. The SMILES string of the molecule is CN(CC1CCOCC1)c1cccc(-c2cc(NC3CCCCC3)ncc2Cl)n1. The maximum atomic E-state index is 6.50. The predicted octanol–water partition coefficient (Wildman–Crippen LogP) is 5.40. The highest BCUT2D eigenvalue weighted by atomic mass is 35.5. The molecule has 1 saturated heterocycles. The quantitative estimate of drug-likeness (QED) is 0.685. The van der Waals surface area contributed by atoms with Crippen LogP contribution >= 0.6 is 11.6 Å². The summed E-state index contributed by atoms with van der Waals surface area (Å²) in [5.41, 5.74) is 1.82. The lowest BCUT2D eigenvalue weighted by Crippen LogP contribution is -2.30. The summed E-state index contributed by atoms with van der Waals surface area (Å²) in [6.07, 6.45) is 10.3. The molecule has 2 aliphatic rings. The molecule has 1 N–H and O–H groups in total. The molecule has 5 nitrogen and oxygen atoms in total. The summed E-state index contributed by atoms with van der Waals surface area (Å²) < 4.78 is 5.48. The zero-order chi connectivity index (χ0) is 20.1. The first-order chi connectivity index (χ1) is 14.2. The molecule has 0 aromatic carbocycles. The standard InChI is InChI=1S/C23H31ClN4O/c1-28(16-17-10-12-29-13-11-17)23-9-5-8-21(27-23)19-14-22(25-15-20(19)24)26-18-6-3-2-4-7-18/h5,8-9,14-15,17-18H,2-4,6-7,10-13,16H2,1H3,(H,25,26). The summed E-state index contributed by atoms with van der Waals surface area (Å²) in [6, 6.07) is 8.71. The van der Waals surface area contributed by atoms with Gasteiger partial charge in [-0.05, 0) is 49.8 Å². The van der Waals surface area contributed by atoms with Crippen molar-refractivity contribution in [1.82, 2.24) is 9.97 Å². The topological polar surface area (TPSA) is 50.3 Å². The van der Waals surface area contributed by atoms with E-state index in [0.717, 1.165) is 55.5 Å². The van der Waals surface area contributed by atoms with E-state index in [9.17, 15) is 0 Å². The number of anilines is 2. The predicted molar refractivity (Wildman–Crippen MR) is 120 cm³/mol. The third-order valence-corrected chi connectivity index (χ3v) is 6.39. The molecule has 2 aromatic heterocycles. The molecule has 0 unspecified atom stereocenters. The minimum absolute atomic E-state index is 0.509. The van der Waals surface area contributed by atoms with Crippen molar-refractivity contribution in [3.05, 3.63) is 35.5 Å². The number of hydrogen-bond donors (Lipinski definition) is 1. The Morgan fingerprint density at radius 1 is 1.14 bits per heavy atom. The summed E-state index contributed by atoms with van der Waals surface area (Å²) in [6.45, 7) is 2.74. The molecular weight excluding hydrogens is 384 g/mol. The van der Waals surface area contributed by atoms with Crippen LogP contribution in [0.3, 0.4) is 0 Å². The van der Waals surface area contributed by atoms with Crippen molar-refractivity contribution in [3.8, 4) is 11.3 Å². The Hall–Kier alpha value is -1.85. The summed E-state index contributed by atoms with van der Waals surface area (Å²) in [5, 5.41) is 4.23. The Bertz CT molecular complexity index is 803. The van der Waals surface area contributed by atoms with Crippen molar-refractivity contribution in [2.75, 3.05) is 37.0 Å². The molecule has 3 heterocycles. The second-order valence-corrected chi connectivity index (χ2v) is 8.75. The van der Waals surface area contributed by atoms with Gasteiger partial charge >= 0.3 is 0 Å². The first-order valence-corrected chi connectivity index (χ1v) is 11.3. The summed E-state index contributed by atoms with van der Waals surface area (Å²) in [5.74, 6) is 2.53. The first kappa shape index (κ1) is 20.4. The van der Waals surface area contributed by atoms with Gasteiger partial charge in [-0.15, -0.1) is 0 Å². The van der Waals surface area contributed by atoms with Gasteiger partial charge in [-0.2, -0.15) is 0 Å². The maximum Gasteiger partial charge on any atom is 0.128 e. The summed E-state index contributed by atoms with van der Waals surface area (Å²) >= 11 is 6.50. The van der Waals surface area contributed by atoms with Gasteiger partial charge in [-0.3, -0.25) is 0 Å². The number of nitrogens with zero attached hydrogens (tertiary/aromatic N) is 3. The molecule has 0 bridgehead atoms. The van der Waals surface area contributed by atoms with Gasteiger partial charge in [0.05, 0.1) is 10.7 Å². The van der Waals surface area contributed by atoms with Crippen molar-refractivity contribution in [2.24, 2.45) is 5.92 Å². The number of nitrogens with one attached hydrogen (secondary N) is 1. The zero-order valence-electron chi connectivity index (χ0n) is 17.2. The number of rotatable bonds is 6. The molecule has 0 spiro atoms. The average molecular weight is 415 g/mol. The molecule has 29 heavy (non-hydrogen) atoms. The third-order valence-electron chi connectivity index (χ3n) is 6.09. The van der Waals surface area contributed by atoms with E-state index in [1.165, 1.54) is 32.1 Å². The first-order valence-electron chi connectivity index (χ1n) is 10.9. The minimum atomic E-state index is 0.509. The van der Waals surface area contributed by atoms with E-state index in [-0.39, 0.29) is 0 Å². The van der Waals surface area contributed by atoms with Gasteiger partial charge in [-0.25, -0.2) is 9.97 Å². The lowest BCUT2D eigenvalue weighted by Gasteiger charge is -2.28. The summed E-state index contributed by atoms with van der Waals surface area (Å²) in [7, 11) is 2.12. The number of pyridine rings is 2. The molecule has 0 amide bonds. The molecular formula is C23H31ClN4O. The van der Waals surface area contributed by atoms with Crippen LogP contribution in [0.25, 0.3) is 11.3 Å². The monoisotopic (exact) mass is 414 g/mol. The van der Waals surface area contributed by atoms with Crippen LogP contribution in [-0.2, 0) is 4.74 Å². The van der Waals surface area contributed by atoms with Crippen molar-refractivity contribution in [1.29, 1.82) is 0 Å². The zero-order valence-corrected chi connectivity index (χ0v) is 18.0. The molecule has 1 saturated carbocycles. The molecule has 1 aliphatic carbocycles. The van der Waals surface area contributed by atoms with Gasteiger partial charge < -0.3 is 15.0 Å². The molecule has 156 valence electrons. The lowest BCUT2D eigenvalue weighted by atomic mass is 9.95. The molecule has 4 rings (SSSR count). The second kappa shape index (κ2) is 9.77. The van der Waals surface area contributed by atoms with E-state index in [2.05, 4.69) is 34.4 Å².